The number of carbonyl (C=O) groups excluding carboxylic acids is 1. The highest BCUT2D eigenvalue weighted by Crippen LogP contribution is 2.48. The van der Waals surface area contributed by atoms with Crippen molar-refractivity contribution in [1.29, 1.82) is 0 Å². The Morgan fingerprint density at radius 2 is 2.12 bits per heavy atom. The molecule has 2 aromatic rings. The van der Waals surface area contributed by atoms with E-state index in [0.717, 1.165) is 18.1 Å². The summed E-state index contributed by atoms with van der Waals surface area (Å²) in [6.07, 6.45) is 0.761. The Labute approximate surface area is 139 Å². The van der Waals surface area contributed by atoms with Crippen molar-refractivity contribution in [2.24, 2.45) is 0 Å². The summed E-state index contributed by atoms with van der Waals surface area (Å²) < 4.78 is 16.2. The zero-order chi connectivity index (χ0) is 17.6. The molecule has 3 rings (SSSR count). The number of hydrogen-bond acceptors (Lipinski definition) is 6. The molecule has 0 aliphatic carbocycles. The van der Waals surface area contributed by atoms with E-state index in [4.69, 9.17) is 13.9 Å². The first-order valence-electron chi connectivity index (χ1n) is 7.93. The van der Waals surface area contributed by atoms with Crippen LogP contribution in [0.5, 0.6) is 11.5 Å². The molecule has 0 saturated heterocycles. The lowest BCUT2D eigenvalue weighted by Gasteiger charge is -2.36. The SMILES string of the molecule is CCOC(=O)c1cc(=O)c2cc3c(c(O)c2o1)OC(C)(C)CC3C. The molecule has 1 aromatic heterocycles. The van der Waals surface area contributed by atoms with Crippen molar-refractivity contribution in [2.75, 3.05) is 6.61 Å². The van der Waals surface area contributed by atoms with Gasteiger partial charge in [-0.15, -0.1) is 0 Å². The van der Waals surface area contributed by atoms with Gasteiger partial charge >= 0.3 is 5.97 Å². The lowest BCUT2D eigenvalue weighted by Crippen LogP contribution is -2.34. The molecule has 2 heterocycles. The third-order valence-electron chi connectivity index (χ3n) is 4.16. The van der Waals surface area contributed by atoms with Crippen LogP contribution in [-0.4, -0.2) is 23.3 Å². The highest BCUT2D eigenvalue weighted by atomic mass is 16.5. The standard InChI is InChI=1S/C18H20O6/c1-5-22-17(21)13-7-12(19)11-6-10-9(2)8-18(3,4)24-16(10)14(20)15(11)23-13/h6-7,9,20H,5,8H2,1-4H3. The van der Waals surface area contributed by atoms with E-state index in [2.05, 4.69) is 0 Å². The molecule has 0 bridgehead atoms. The lowest BCUT2D eigenvalue weighted by molar-refractivity contribution is 0.0489. The van der Waals surface area contributed by atoms with Crippen molar-refractivity contribution in [3.05, 3.63) is 33.7 Å². The zero-order valence-electron chi connectivity index (χ0n) is 14.1. The second-order valence-electron chi connectivity index (χ2n) is 6.68. The molecule has 6 nitrogen and oxygen atoms in total. The van der Waals surface area contributed by atoms with Gasteiger partial charge in [0, 0.05) is 11.6 Å². The van der Waals surface area contributed by atoms with Crippen LogP contribution in [0.15, 0.2) is 21.3 Å². The number of fused-ring (bicyclic) bond motifs is 2. The predicted molar refractivity (Wildman–Crippen MR) is 87.8 cm³/mol. The monoisotopic (exact) mass is 332 g/mol. The molecular weight excluding hydrogens is 312 g/mol. The van der Waals surface area contributed by atoms with Crippen LogP contribution in [0.4, 0.5) is 0 Å². The van der Waals surface area contributed by atoms with Crippen LogP contribution < -0.4 is 10.2 Å². The Bertz CT molecular complexity index is 877. The van der Waals surface area contributed by atoms with E-state index in [1.807, 2.05) is 20.8 Å². The number of ether oxygens (including phenoxy) is 2. The first kappa shape index (κ1) is 16.4. The number of phenols is 1. The quantitative estimate of drug-likeness (QED) is 0.849. The molecule has 1 N–H and O–H groups in total. The Morgan fingerprint density at radius 3 is 2.79 bits per heavy atom. The van der Waals surface area contributed by atoms with Gasteiger partial charge in [-0.2, -0.15) is 0 Å². The Kier molecular flexibility index (Phi) is 3.78. The van der Waals surface area contributed by atoms with E-state index >= 15 is 0 Å². The van der Waals surface area contributed by atoms with Crippen molar-refractivity contribution >= 4 is 16.9 Å². The maximum atomic E-state index is 12.4. The Hall–Kier alpha value is -2.50. The second-order valence-corrected chi connectivity index (χ2v) is 6.68. The first-order chi connectivity index (χ1) is 11.2. The topological polar surface area (TPSA) is 86.0 Å². The molecule has 1 atom stereocenters. The lowest BCUT2D eigenvalue weighted by atomic mass is 9.85. The normalized spacial score (nSPS) is 18.8. The maximum absolute atomic E-state index is 12.4. The highest BCUT2D eigenvalue weighted by molar-refractivity contribution is 5.92. The summed E-state index contributed by atoms with van der Waals surface area (Å²) in [7, 11) is 0. The summed E-state index contributed by atoms with van der Waals surface area (Å²) in [6.45, 7) is 7.69. The maximum Gasteiger partial charge on any atom is 0.374 e. The van der Waals surface area contributed by atoms with E-state index in [9.17, 15) is 14.7 Å². The van der Waals surface area contributed by atoms with Gasteiger partial charge in [0.15, 0.2) is 16.8 Å². The number of aromatic hydroxyl groups is 1. The van der Waals surface area contributed by atoms with Crippen molar-refractivity contribution in [1.82, 2.24) is 0 Å². The van der Waals surface area contributed by atoms with Gasteiger partial charge in [-0.25, -0.2) is 4.79 Å². The summed E-state index contributed by atoms with van der Waals surface area (Å²) in [4.78, 5) is 24.2. The van der Waals surface area contributed by atoms with Crippen LogP contribution >= 0.6 is 0 Å². The number of benzene rings is 1. The van der Waals surface area contributed by atoms with Gasteiger partial charge in [-0.1, -0.05) is 6.92 Å². The fourth-order valence-electron chi connectivity index (χ4n) is 3.22. The van der Waals surface area contributed by atoms with Crippen LogP contribution in [0.3, 0.4) is 0 Å². The average molecular weight is 332 g/mol. The summed E-state index contributed by atoms with van der Waals surface area (Å²) in [5.41, 5.74) is -0.157. The van der Waals surface area contributed by atoms with Crippen molar-refractivity contribution in [3.8, 4) is 11.5 Å². The van der Waals surface area contributed by atoms with E-state index in [1.165, 1.54) is 0 Å². The molecule has 0 saturated carbocycles. The fraction of sp³-hybridized carbons (Fsp3) is 0.444. The molecular formula is C18H20O6. The molecule has 6 heteroatoms. The van der Waals surface area contributed by atoms with E-state index in [-0.39, 0.29) is 35.0 Å². The van der Waals surface area contributed by atoms with Crippen molar-refractivity contribution in [3.63, 3.8) is 0 Å². The Morgan fingerprint density at radius 1 is 1.42 bits per heavy atom. The number of hydrogen-bond donors (Lipinski definition) is 1. The molecule has 0 spiro atoms. The number of phenolic OH excluding ortho intramolecular Hbond substituents is 1. The summed E-state index contributed by atoms with van der Waals surface area (Å²) in [5, 5.41) is 10.8. The molecule has 1 aliphatic heterocycles. The van der Waals surface area contributed by atoms with E-state index in [0.29, 0.717) is 5.75 Å². The van der Waals surface area contributed by atoms with Gasteiger partial charge in [0.1, 0.15) is 5.60 Å². The molecule has 1 aliphatic rings. The molecule has 1 unspecified atom stereocenters. The predicted octanol–water partition coefficient (Wildman–Crippen LogP) is 3.34. The molecule has 1 aromatic carbocycles. The van der Waals surface area contributed by atoms with E-state index < -0.39 is 17.0 Å². The molecule has 0 amide bonds. The second kappa shape index (κ2) is 5.54. The van der Waals surface area contributed by atoms with Gasteiger partial charge in [-0.05, 0) is 39.2 Å². The minimum atomic E-state index is -0.747. The minimum absolute atomic E-state index is 0.0609. The number of carbonyl (C=O) groups is 1. The average Bonchev–Trinajstić information content (AvgIpc) is 2.48. The number of rotatable bonds is 2. The van der Waals surface area contributed by atoms with Gasteiger partial charge < -0.3 is 19.0 Å². The van der Waals surface area contributed by atoms with Crippen LogP contribution in [0.2, 0.25) is 0 Å². The largest absolute Gasteiger partial charge is 0.502 e. The summed E-state index contributed by atoms with van der Waals surface area (Å²) in [6, 6.07) is 2.76. The summed E-state index contributed by atoms with van der Waals surface area (Å²) >= 11 is 0. The third kappa shape index (κ3) is 2.62. The van der Waals surface area contributed by atoms with Crippen molar-refractivity contribution in [2.45, 2.75) is 45.6 Å². The minimum Gasteiger partial charge on any atom is -0.502 e. The molecule has 0 radical (unpaired) electrons. The zero-order valence-corrected chi connectivity index (χ0v) is 14.1. The smallest absolute Gasteiger partial charge is 0.374 e. The van der Waals surface area contributed by atoms with E-state index in [1.54, 1.807) is 13.0 Å². The van der Waals surface area contributed by atoms with Crippen LogP contribution in [0, 0.1) is 0 Å². The first-order valence-corrected chi connectivity index (χ1v) is 7.93. The fourth-order valence-corrected chi connectivity index (χ4v) is 3.22. The van der Waals surface area contributed by atoms with Gasteiger partial charge in [0.2, 0.25) is 11.5 Å². The molecule has 0 fully saturated rings. The van der Waals surface area contributed by atoms with Crippen LogP contribution in [0.25, 0.3) is 11.0 Å². The van der Waals surface area contributed by atoms with Crippen LogP contribution in [0.1, 0.15) is 56.2 Å². The van der Waals surface area contributed by atoms with Crippen molar-refractivity contribution < 1.29 is 23.8 Å². The van der Waals surface area contributed by atoms with Crippen LogP contribution in [-0.2, 0) is 4.74 Å². The number of esters is 1. The summed E-state index contributed by atoms with van der Waals surface area (Å²) in [5.74, 6) is -0.833. The highest BCUT2D eigenvalue weighted by Gasteiger charge is 2.35. The molecule has 128 valence electrons. The van der Waals surface area contributed by atoms with Gasteiger partial charge in [-0.3, -0.25) is 4.79 Å². The van der Waals surface area contributed by atoms with Gasteiger partial charge in [0.05, 0.1) is 12.0 Å². The van der Waals surface area contributed by atoms with Gasteiger partial charge in [0.25, 0.3) is 0 Å². The third-order valence-corrected chi connectivity index (χ3v) is 4.16. The molecule has 24 heavy (non-hydrogen) atoms. The Balaban J connectivity index is 2.26.